The highest BCUT2D eigenvalue weighted by molar-refractivity contribution is 7.24. The van der Waals surface area contributed by atoms with E-state index in [4.69, 9.17) is 9.42 Å². The molecule has 0 saturated heterocycles. The zero-order valence-electron chi connectivity index (χ0n) is 7.52. The van der Waals surface area contributed by atoms with Gasteiger partial charge in [0.05, 0.1) is 17.9 Å². The van der Waals surface area contributed by atoms with Crippen LogP contribution in [0.5, 0.6) is 5.75 Å². The van der Waals surface area contributed by atoms with Crippen molar-refractivity contribution in [2.24, 2.45) is 0 Å². The summed E-state index contributed by atoms with van der Waals surface area (Å²) in [5, 5.41) is 9.47. The van der Waals surface area contributed by atoms with Gasteiger partial charge in [0.15, 0.2) is 15.3 Å². The van der Waals surface area contributed by atoms with Crippen LogP contribution in [0.2, 0.25) is 0 Å². The number of aromatic hydroxyl groups is 1. The van der Waals surface area contributed by atoms with E-state index >= 15 is 0 Å². The van der Waals surface area contributed by atoms with E-state index in [1.807, 2.05) is 0 Å². The Balaban J connectivity index is 3.04. The first-order valence-electron chi connectivity index (χ1n) is 3.84. The zero-order valence-corrected chi connectivity index (χ0v) is 8.52. The number of aromatic nitrogens is 1. The minimum atomic E-state index is -0.650. The summed E-state index contributed by atoms with van der Waals surface area (Å²) in [6, 6.07) is 0. The Kier molecular flexibility index (Phi) is 3.95. The fourth-order valence-corrected chi connectivity index (χ4v) is 1.23. The quantitative estimate of drug-likeness (QED) is 0.576. The molecule has 6 heteroatoms. The van der Waals surface area contributed by atoms with E-state index < -0.39 is 9.03 Å². The lowest BCUT2D eigenvalue weighted by Crippen LogP contribution is -1.97. The molecule has 2 N–H and O–H groups in total. The monoisotopic (exact) mass is 215 g/mol. The summed E-state index contributed by atoms with van der Waals surface area (Å²) in [6.07, 6.45) is 1.99. The predicted octanol–water partition coefficient (Wildman–Crippen LogP) is 0.926. The lowest BCUT2D eigenvalue weighted by atomic mass is 10.1. The van der Waals surface area contributed by atoms with Crippen LogP contribution in [0.3, 0.4) is 0 Å². The Hall–Kier alpha value is -1.03. The summed E-state index contributed by atoms with van der Waals surface area (Å²) in [5.74, 6) is -0.137. The Morgan fingerprint density at radius 3 is 3.00 bits per heavy atom. The van der Waals surface area contributed by atoms with Gasteiger partial charge in [0.1, 0.15) is 5.75 Å². The maximum atomic E-state index is 10.7. The highest BCUT2D eigenvalue weighted by Gasteiger charge is 2.10. The molecule has 1 aromatic heterocycles. The van der Waals surface area contributed by atoms with Crippen LogP contribution >= 0.6 is 9.03 Å². The number of carbonyl (C=O) groups is 1. The molecule has 0 aliphatic carbocycles. The second-order valence-corrected chi connectivity index (χ2v) is 3.10. The Morgan fingerprint density at radius 1 is 1.71 bits per heavy atom. The third-order valence-corrected chi connectivity index (χ3v) is 2.04. The van der Waals surface area contributed by atoms with Gasteiger partial charge in [-0.05, 0) is 6.92 Å². The van der Waals surface area contributed by atoms with Crippen molar-refractivity contribution >= 4 is 15.3 Å². The first-order chi connectivity index (χ1) is 6.70. The minimum Gasteiger partial charge on any atom is -0.505 e. The van der Waals surface area contributed by atoms with Crippen LogP contribution in [-0.2, 0) is 11.1 Å². The smallest absolute Gasteiger partial charge is 0.154 e. The van der Waals surface area contributed by atoms with E-state index in [2.05, 4.69) is 4.98 Å². The lowest BCUT2D eigenvalue weighted by molar-refractivity contribution is 0.111. The number of rotatable bonds is 4. The van der Waals surface area contributed by atoms with Crippen LogP contribution in [0.4, 0.5) is 0 Å². The van der Waals surface area contributed by atoms with Crippen LogP contribution in [0, 0.1) is 6.92 Å². The standard InChI is InChI=1S/C8H10NO4P/c1-5-8(11)7(3-10)6(2-9-5)4-13-14-12/h2-3,11-12,14H,4H2,1H3. The Labute approximate surface area is 82.7 Å². The number of aryl methyl sites for hydroxylation is 1. The van der Waals surface area contributed by atoms with Crippen molar-refractivity contribution in [1.29, 1.82) is 0 Å². The SMILES string of the molecule is Cc1ncc(COPO)c(C=O)c1O. The molecular formula is C8H10NO4P. The molecule has 0 radical (unpaired) electrons. The summed E-state index contributed by atoms with van der Waals surface area (Å²) >= 11 is 0. The van der Waals surface area contributed by atoms with Gasteiger partial charge in [-0.15, -0.1) is 0 Å². The molecule has 76 valence electrons. The lowest BCUT2D eigenvalue weighted by Gasteiger charge is -2.07. The molecule has 0 bridgehead atoms. The number of aldehydes is 1. The molecular weight excluding hydrogens is 205 g/mol. The van der Waals surface area contributed by atoms with E-state index in [0.29, 0.717) is 17.5 Å². The van der Waals surface area contributed by atoms with Crippen LogP contribution in [0.1, 0.15) is 21.6 Å². The van der Waals surface area contributed by atoms with E-state index in [0.717, 1.165) is 0 Å². The summed E-state index contributed by atoms with van der Waals surface area (Å²) in [5.41, 5.74) is 1.02. The molecule has 1 aromatic rings. The molecule has 0 saturated carbocycles. The molecule has 0 aromatic carbocycles. The summed E-state index contributed by atoms with van der Waals surface area (Å²) < 4.78 is 4.73. The fraction of sp³-hybridized carbons (Fsp3) is 0.250. The summed E-state index contributed by atoms with van der Waals surface area (Å²) in [7, 11) is -0.650. The zero-order chi connectivity index (χ0) is 10.6. The van der Waals surface area contributed by atoms with Crippen LogP contribution in [0.15, 0.2) is 6.20 Å². The van der Waals surface area contributed by atoms with E-state index in [-0.39, 0.29) is 17.9 Å². The van der Waals surface area contributed by atoms with Crippen LogP contribution < -0.4 is 0 Å². The third kappa shape index (κ3) is 2.26. The maximum absolute atomic E-state index is 10.7. The van der Waals surface area contributed by atoms with Crippen molar-refractivity contribution in [2.45, 2.75) is 13.5 Å². The molecule has 14 heavy (non-hydrogen) atoms. The highest BCUT2D eigenvalue weighted by atomic mass is 31.1. The van der Waals surface area contributed by atoms with Crippen molar-refractivity contribution in [1.82, 2.24) is 4.98 Å². The second-order valence-electron chi connectivity index (χ2n) is 2.63. The molecule has 1 rings (SSSR count). The van der Waals surface area contributed by atoms with Gasteiger partial charge in [0.2, 0.25) is 0 Å². The van der Waals surface area contributed by atoms with Gasteiger partial charge in [-0.25, -0.2) is 0 Å². The number of hydrogen-bond donors (Lipinski definition) is 2. The van der Waals surface area contributed by atoms with Crippen molar-refractivity contribution in [3.8, 4) is 5.75 Å². The van der Waals surface area contributed by atoms with E-state index in [9.17, 15) is 9.90 Å². The molecule has 5 nitrogen and oxygen atoms in total. The molecule has 0 aliphatic rings. The van der Waals surface area contributed by atoms with Crippen molar-refractivity contribution < 1.29 is 19.3 Å². The predicted molar refractivity (Wildman–Crippen MR) is 51.3 cm³/mol. The molecule has 0 amide bonds. The van der Waals surface area contributed by atoms with E-state index in [1.165, 1.54) is 6.20 Å². The van der Waals surface area contributed by atoms with Gasteiger partial charge >= 0.3 is 0 Å². The second kappa shape index (κ2) is 5.00. The van der Waals surface area contributed by atoms with E-state index in [1.54, 1.807) is 6.92 Å². The average Bonchev–Trinajstić information content (AvgIpc) is 2.20. The fourth-order valence-electron chi connectivity index (χ4n) is 1.01. The molecule has 0 fully saturated rings. The van der Waals surface area contributed by atoms with Gasteiger partial charge in [-0.2, -0.15) is 0 Å². The normalized spacial score (nSPS) is 11.0. The van der Waals surface area contributed by atoms with Gasteiger partial charge in [-0.1, -0.05) is 0 Å². The van der Waals surface area contributed by atoms with Gasteiger partial charge in [0, 0.05) is 11.8 Å². The third-order valence-electron chi connectivity index (χ3n) is 1.77. The number of pyridine rings is 1. The molecule has 1 atom stereocenters. The first kappa shape index (κ1) is 11.0. The molecule has 0 spiro atoms. The maximum Gasteiger partial charge on any atom is 0.154 e. The number of hydrogen-bond acceptors (Lipinski definition) is 5. The van der Waals surface area contributed by atoms with Crippen molar-refractivity contribution in [2.75, 3.05) is 0 Å². The highest BCUT2D eigenvalue weighted by Crippen LogP contribution is 2.23. The largest absolute Gasteiger partial charge is 0.505 e. The molecule has 1 heterocycles. The minimum absolute atomic E-state index is 0.0594. The molecule has 0 aliphatic heterocycles. The average molecular weight is 215 g/mol. The van der Waals surface area contributed by atoms with Crippen molar-refractivity contribution in [3.05, 3.63) is 23.0 Å². The Bertz CT molecular complexity index is 342. The molecule has 1 unspecified atom stereocenters. The Morgan fingerprint density at radius 2 is 2.43 bits per heavy atom. The van der Waals surface area contributed by atoms with Gasteiger partial charge in [-0.3, -0.25) is 9.78 Å². The summed E-state index contributed by atoms with van der Waals surface area (Å²) in [4.78, 5) is 23.0. The summed E-state index contributed by atoms with van der Waals surface area (Å²) in [6.45, 7) is 1.66. The van der Waals surface area contributed by atoms with Crippen molar-refractivity contribution in [3.63, 3.8) is 0 Å². The number of carbonyl (C=O) groups excluding carboxylic acids is 1. The number of nitrogens with zero attached hydrogens (tertiary/aromatic N) is 1. The van der Waals surface area contributed by atoms with Gasteiger partial charge in [0.25, 0.3) is 0 Å². The topological polar surface area (TPSA) is 79.7 Å². The van der Waals surface area contributed by atoms with Gasteiger partial charge < -0.3 is 14.5 Å². The van der Waals surface area contributed by atoms with Crippen LogP contribution in [-0.4, -0.2) is 21.3 Å². The first-order valence-corrected chi connectivity index (χ1v) is 4.69. The van der Waals surface area contributed by atoms with Crippen LogP contribution in [0.25, 0.3) is 0 Å².